The minimum absolute atomic E-state index is 0.000744. The SMILES string of the molecule is CSc1ccc(N2CC(C(=O)Nc3ccccc3C(C)C)CC2=O)cc1. The molecule has 0 saturated carbocycles. The third kappa shape index (κ3) is 3.93. The molecule has 1 heterocycles. The number of carbonyl (C=O) groups excluding carboxylic acids is 2. The van der Waals surface area contributed by atoms with Crippen LogP contribution in [-0.2, 0) is 9.59 Å². The summed E-state index contributed by atoms with van der Waals surface area (Å²) < 4.78 is 0. The molecule has 2 aromatic carbocycles. The maximum atomic E-state index is 12.7. The molecular weight excluding hydrogens is 344 g/mol. The summed E-state index contributed by atoms with van der Waals surface area (Å²) in [6.45, 7) is 4.63. The van der Waals surface area contributed by atoms with Crippen molar-refractivity contribution in [2.45, 2.75) is 31.1 Å². The minimum atomic E-state index is -0.331. The van der Waals surface area contributed by atoms with Crippen molar-refractivity contribution in [2.24, 2.45) is 5.92 Å². The van der Waals surface area contributed by atoms with Gasteiger partial charge in [0.1, 0.15) is 0 Å². The topological polar surface area (TPSA) is 49.4 Å². The van der Waals surface area contributed by atoms with Gasteiger partial charge >= 0.3 is 0 Å². The number of anilines is 2. The highest BCUT2D eigenvalue weighted by atomic mass is 32.2. The fourth-order valence-corrected chi connectivity index (χ4v) is 3.65. The lowest BCUT2D eigenvalue weighted by atomic mass is 10.0. The number of carbonyl (C=O) groups is 2. The standard InChI is InChI=1S/C21H24N2O2S/c1-14(2)18-6-4-5-7-19(18)22-21(25)15-12-20(24)23(13-15)16-8-10-17(26-3)11-9-16/h4-11,14-15H,12-13H2,1-3H3,(H,22,25). The predicted molar refractivity (Wildman–Crippen MR) is 108 cm³/mol. The summed E-state index contributed by atoms with van der Waals surface area (Å²) in [4.78, 5) is 28.0. The molecule has 1 saturated heterocycles. The molecule has 1 aliphatic rings. The molecule has 1 aliphatic heterocycles. The number of para-hydroxylation sites is 1. The van der Waals surface area contributed by atoms with Crippen LogP contribution in [0.15, 0.2) is 53.4 Å². The highest BCUT2D eigenvalue weighted by Crippen LogP contribution is 2.29. The van der Waals surface area contributed by atoms with Crippen LogP contribution in [0.2, 0.25) is 0 Å². The molecule has 4 nitrogen and oxygen atoms in total. The molecule has 26 heavy (non-hydrogen) atoms. The molecule has 1 atom stereocenters. The molecule has 0 bridgehead atoms. The van der Waals surface area contributed by atoms with Gasteiger partial charge in [-0.3, -0.25) is 9.59 Å². The molecule has 0 aliphatic carbocycles. The maximum absolute atomic E-state index is 12.7. The molecule has 1 fully saturated rings. The van der Waals surface area contributed by atoms with Gasteiger partial charge in [-0.25, -0.2) is 0 Å². The highest BCUT2D eigenvalue weighted by molar-refractivity contribution is 7.98. The first-order chi connectivity index (χ1) is 12.5. The number of nitrogens with zero attached hydrogens (tertiary/aromatic N) is 1. The Kier molecular flexibility index (Phi) is 5.67. The van der Waals surface area contributed by atoms with E-state index in [9.17, 15) is 9.59 Å². The monoisotopic (exact) mass is 368 g/mol. The molecule has 0 aromatic heterocycles. The van der Waals surface area contributed by atoms with Gasteiger partial charge in [0.05, 0.1) is 5.92 Å². The van der Waals surface area contributed by atoms with E-state index in [2.05, 4.69) is 19.2 Å². The Labute approximate surface area is 159 Å². The zero-order chi connectivity index (χ0) is 18.7. The number of rotatable bonds is 5. The number of thioether (sulfide) groups is 1. The van der Waals surface area contributed by atoms with Crippen LogP contribution in [0.4, 0.5) is 11.4 Å². The van der Waals surface area contributed by atoms with Gasteiger partial charge in [-0.05, 0) is 48.1 Å². The lowest BCUT2D eigenvalue weighted by Gasteiger charge is -2.18. The van der Waals surface area contributed by atoms with Gasteiger partial charge in [-0.15, -0.1) is 11.8 Å². The number of amides is 2. The van der Waals surface area contributed by atoms with Crippen molar-refractivity contribution in [2.75, 3.05) is 23.0 Å². The van der Waals surface area contributed by atoms with Crippen LogP contribution in [0, 0.1) is 5.92 Å². The molecular formula is C21H24N2O2S. The fourth-order valence-electron chi connectivity index (χ4n) is 3.24. The van der Waals surface area contributed by atoms with E-state index in [0.29, 0.717) is 12.5 Å². The Morgan fingerprint density at radius 2 is 1.85 bits per heavy atom. The van der Waals surface area contributed by atoms with E-state index < -0.39 is 0 Å². The van der Waals surface area contributed by atoms with Gasteiger partial charge in [0.15, 0.2) is 0 Å². The first-order valence-electron chi connectivity index (χ1n) is 8.83. The maximum Gasteiger partial charge on any atom is 0.229 e. The third-order valence-electron chi connectivity index (χ3n) is 4.72. The smallest absolute Gasteiger partial charge is 0.229 e. The van der Waals surface area contributed by atoms with Crippen molar-refractivity contribution < 1.29 is 9.59 Å². The third-order valence-corrected chi connectivity index (χ3v) is 5.46. The summed E-state index contributed by atoms with van der Waals surface area (Å²) in [5.74, 6) is -0.0972. The van der Waals surface area contributed by atoms with E-state index in [0.717, 1.165) is 21.8 Å². The first-order valence-corrected chi connectivity index (χ1v) is 10.1. The molecule has 1 unspecified atom stereocenters. The normalized spacial score (nSPS) is 17.0. The van der Waals surface area contributed by atoms with Crippen LogP contribution in [0.3, 0.4) is 0 Å². The zero-order valence-corrected chi connectivity index (χ0v) is 16.2. The summed E-state index contributed by atoms with van der Waals surface area (Å²) >= 11 is 1.66. The molecule has 5 heteroatoms. The van der Waals surface area contributed by atoms with Gasteiger partial charge in [0, 0.05) is 29.2 Å². The Morgan fingerprint density at radius 3 is 2.50 bits per heavy atom. The molecule has 3 rings (SSSR count). The minimum Gasteiger partial charge on any atom is -0.326 e. The van der Waals surface area contributed by atoms with Crippen LogP contribution < -0.4 is 10.2 Å². The van der Waals surface area contributed by atoms with Crippen molar-refractivity contribution in [3.8, 4) is 0 Å². The number of benzene rings is 2. The van der Waals surface area contributed by atoms with Crippen LogP contribution in [0.25, 0.3) is 0 Å². The predicted octanol–water partition coefficient (Wildman–Crippen LogP) is 4.52. The Morgan fingerprint density at radius 1 is 1.15 bits per heavy atom. The largest absolute Gasteiger partial charge is 0.326 e. The van der Waals surface area contributed by atoms with E-state index in [1.165, 1.54) is 0 Å². The van der Waals surface area contributed by atoms with E-state index in [1.807, 2.05) is 54.8 Å². The van der Waals surface area contributed by atoms with Crippen molar-refractivity contribution in [3.05, 3.63) is 54.1 Å². The lowest BCUT2D eigenvalue weighted by Crippen LogP contribution is -2.28. The van der Waals surface area contributed by atoms with Crippen molar-refractivity contribution in [1.82, 2.24) is 0 Å². The zero-order valence-electron chi connectivity index (χ0n) is 15.4. The molecule has 1 N–H and O–H groups in total. The summed E-state index contributed by atoms with van der Waals surface area (Å²) in [6.07, 6.45) is 2.27. The van der Waals surface area contributed by atoms with E-state index >= 15 is 0 Å². The van der Waals surface area contributed by atoms with Gasteiger partial charge in [0.2, 0.25) is 11.8 Å². The van der Waals surface area contributed by atoms with E-state index in [1.54, 1.807) is 16.7 Å². The molecule has 2 amide bonds. The summed E-state index contributed by atoms with van der Waals surface area (Å²) in [7, 11) is 0. The molecule has 0 spiro atoms. The number of hydrogen-bond acceptors (Lipinski definition) is 3. The van der Waals surface area contributed by atoms with Crippen LogP contribution in [-0.4, -0.2) is 24.6 Å². The lowest BCUT2D eigenvalue weighted by molar-refractivity contribution is -0.122. The second-order valence-corrected chi connectivity index (χ2v) is 7.71. The Balaban J connectivity index is 1.71. The van der Waals surface area contributed by atoms with Crippen molar-refractivity contribution >= 4 is 35.0 Å². The first kappa shape index (κ1) is 18.5. The quantitative estimate of drug-likeness (QED) is 0.789. The van der Waals surface area contributed by atoms with E-state index in [-0.39, 0.29) is 24.2 Å². The fraction of sp³-hybridized carbons (Fsp3) is 0.333. The molecule has 2 aromatic rings. The number of hydrogen-bond donors (Lipinski definition) is 1. The average molecular weight is 369 g/mol. The Hall–Kier alpha value is -2.27. The van der Waals surface area contributed by atoms with Gasteiger partial charge < -0.3 is 10.2 Å². The van der Waals surface area contributed by atoms with Crippen LogP contribution >= 0.6 is 11.8 Å². The molecule has 0 radical (unpaired) electrons. The second-order valence-electron chi connectivity index (χ2n) is 6.83. The van der Waals surface area contributed by atoms with Gasteiger partial charge in [-0.2, -0.15) is 0 Å². The summed E-state index contributed by atoms with van der Waals surface area (Å²) in [6, 6.07) is 15.7. The average Bonchev–Trinajstić information content (AvgIpc) is 3.04. The van der Waals surface area contributed by atoms with Gasteiger partial charge in [0.25, 0.3) is 0 Å². The highest BCUT2D eigenvalue weighted by Gasteiger charge is 2.35. The van der Waals surface area contributed by atoms with Gasteiger partial charge in [-0.1, -0.05) is 32.0 Å². The van der Waals surface area contributed by atoms with Crippen molar-refractivity contribution in [3.63, 3.8) is 0 Å². The Bertz CT molecular complexity index is 802. The van der Waals surface area contributed by atoms with Crippen LogP contribution in [0.1, 0.15) is 31.7 Å². The second kappa shape index (κ2) is 7.96. The van der Waals surface area contributed by atoms with Crippen molar-refractivity contribution in [1.29, 1.82) is 0 Å². The number of nitrogens with one attached hydrogen (secondary N) is 1. The summed E-state index contributed by atoms with van der Waals surface area (Å²) in [5, 5.41) is 3.02. The molecule has 136 valence electrons. The van der Waals surface area contributed by atoms with Crippen LogP contribution in [0.5, 0.6) is 0 Å². The van der Waals surface area contributed by atoms with E-state index in [4.69, 9.17) is 0 Å². The summed E-state index contributed by atoms with van der Waals surface area (Å²) in [5.41, 5.74) is 2.79.